The number of hydrogen-bond donors (Lipinski definition) is 0. The first-order chi connectivity index (χ1) is 6.50. The molecule has 0 atom stereocenters. The van der Waals surface area contributed by atoms with E-state index in [0.29, 0.717) is 0 Å². The zero-order chi connectivity index (χ0) is 14.0. The molecule has 0 nitrogen and oxygen atoms in total. The van der Waals surface area contributed by atoms with Crippen LogP contribution < -0.4 is 0 Å². The molecule has 0 N–H and O–H groups in total. The van der Waals surface area contributed by atoms with Crippen LogP contribution >= 0.6 is 63.7 Å². The van der Waals surface area contributed by atoms with Gasteiger partial charge < -0.3 is 0 Å². The van der Waals surface area contributed by atoms with Crippen molar-refractivity contribution in [2.24, 2.45) is 0 Å². The maximum absolute atomic E-state index is 11.3. The number of hydrogen-bond acceptors (Lipinski definition) is 0. The van der Waals surface area contributed by atoms with Gasteiger partial charge >= 0.3 is 19.3 Å². The summed E-state index contributed by atoms with van der Waals surface area (Å²) in [6, 6.07) is 0. The maximum atomic E-state index is 11.3. The highest BCUT2D eigenvalue weighted by atomic mass is 79.9. The Kier molecular flexibility index (Phi) is 7.39. The SMILES string of the molecule is FC(F)(Br)C(F)(F)Br.FC(F)(Br)C(F)(F)Br. The van der Waals surface area contributed by atoms with Crippen LogP contribution in [0.15, 0.2) is 0 Å². The molecule has 100 valence electrons. The van der Waals surface area contributed by atoms with Crippen LogP contribution in [0.3, 0.4) is 0 Å². The Morgan fingerprint density at radius 2 is 0.438 bits per heavy atom. The van der Waals surface area contributed by atoms with E-state index in [4.69, 9.17) is 0 Å². The Labute approximate surface area is 118 Å². The fourth-order valence-electron chi connectivity index (χ4n) is 0. The summed E-state index contributed by atoms with van der Waals surface area (Å²) in [7, 11) is 0. The summed E-state index contributed by atoms with van der Waals surface area (Å²) in [4.78, 5) is -16.7. The normalized spacial score (nSPS) is 14.2. The molecule has 0 bridgehead atoms. The second-order valence-corrected chi connectivity index (χ2v) is 5.97. The van der Waals surface area contributed by atoms with E-state index in [1.807, 2.05) is 0 Å². The van der Waals surface area contributed by atoms with Crippen molar-refractivity contribution >= 4 is 63.7 Å². The average molecular weight is 520 g/mol. The molecule has 0 aromatic carbocycles. The summed E-state index contributed by atoms with van der Waals surface area (Å²) in [5, 5.41) is 0. The lowest BCUT2D eigenvalue weighted by molar-refractivity contribution is -0.0724. The molecule has 0 spiro atoms. The standard InChI is InChI=1S/2C2Br2F4/c2*3-1(5,6)2(4,7)8. The topological polar surface area (TPSA) is 0 Å². The largest absolute Gasteiger partial charge is 0.373 e. The summed E-state index contributed by atoms with van der Waals surface area (Å²) < 4.78 is 90.8. The van der Waals surface area contributed by atoms with Crippen molar-refractivity contribution in [1.29, 1.82) is 0 Å². The van der Waals surface area contributed by atoms with Crippen LogP contribution in [0.25, 0.3) is 0 Å². The fraction of sp³-hybridized carbons (Fsp3) is 1.00. The van der Waals surface area contributed by atoms with Gasteiger partial charge in [-0.1, -0.05) is 0 Å². The molecule has 0 radical (unpaired) electrons. The van der Waals surface area contributed by atoms with Gasteiger partial charge in [0.25, 0.3) is 0 Å². The molecular formula is C4Br4F8. The lowest BCUT2D eigenvalue weighted by Gasteiger charge is -2.13. The Hall–Kier alpha value is 1.36. The lowest BCUT2D eigenvalue weighted by Crippen LogP contribution is -2.27. The van der Waals surface area contributed by atoms with Crippen LogP contribution in [0.4, 0.5) is 35.1 Å². The van der Waals surface area contributed by atoms with E-state index < -0.39 is 19.3 Å². The molecule has 12 heteroatoms. The van der Waals surface area contributed by atoms with E-state index >= 15 is 0 Å². The Balaban J connectivity index is 0. The van der Waals surface area contributed by atoms with Gasteiger partial charge in [0.05, 0.1) is 0 Å². The molecule has 0 aliphatic heterocycles. The molecule has 0 aliphatic carbocycles. The van der Waals surface area contributed by atoms with Gasteiger partial charge in [0.2, 0.25) is 0 Å². The second-order valence-electron chi connectivity index (χ2n) is 1.99. The Morgan fingerprint density at radius 3 is 0.438 bits per heavy atom. The average Bonchev–Trinajstić information content (AvgIpc) is 1.77. The molecule has 0 aromatic heterocycles. The van der Waals surface area contributed by atoms with Crippen molar-refractivity contribution in [2.75, 3.05) is 0 Å². The molecule has 0 unspecified atom stereocenters. The second kappa shape index (κ2) is 6.00. The van der Waals surface area contributed by atoms with E-state index in [-0.39, 0.29) is 0 Å². The molecule has 0 aromatic rings. The third-order valence-electron chi connectivity index (χ3n) is 0.643. The summed E-state index contributed by atoms with van der Waals surface area (Å²) in [6.07, 6.45) is 0. The summed E-state index contributed by atoms with van der Waals surface area (Å²) in [5.41, 5.74) is 0. The van der Waals surface area contributed by atoms with Gasteiger partial charge in [0.1, 0.15) is 0 Å². The molecule has 0 rings (SSSR count). The lowest BCUT2D eigenvalue weighted by atomic mass is 10.8. The molecule has 0 saturated heterocycles. The third-order valence-corrected chi connectivity index (χ3v) is 3.70. The predicted molar refractivity (Wildman–Crippen MR) is 55.5 cm³/mol. The minimum Gasteiger partial charge on any atom is -0.186 e. The van der Waals surface area contributed by atoms with Gasteiger partial charge in [-0.25, -0.2) is 0 Å². The first-order valence-electron chi connectivity index (χ1n) is 2.77. The van der Waals surface area contributed by atoms with Crippen LogP contribution in [0.1, 0.15) is 0 Å². The van der Waals surface area contributed by atoms with Gasteiger partial charge in [-0.2, -0.15) is 35.1 Å². The van der Waals surface area contributed by atoms with Gasteiger partial charge in [-0.3, -0.25) is 0 Å². The number of rotatable bonds is 2. The molecule has 0 fully saturated rings. The Bertz CT molecular complexity index is 158. The minimum absolute atomic E-state index is 1.47. The molecule has 0 heterocycles. The van der Waals surface area contributed by atoms with Crippen LogP contribution in [0.5, 0.6) is 0 Å². The van der Waals surface area contributed by atoms with Crippen LogP contribution in [-0.2, 0) is 0 Å². The van der Waals surface area contributed by atoms with Crippen molar-refractivity contribution in [3.63, 3.8) is 0 Å². The van der Waals surface area contributed by atoms with Crippen molar-refractivity contribution in [1.82, 2.24) is 0 Å². The molecule has 16 heavy (non-hydrogen) atoms. The molecule has 0 amide bonds. The highest BCUT2D eigenvalue weighted by Gasteiger charge is 2.52. The smallest absolute Gasteiger partial charge is 0.186 e. The van der Waals surface area contributed by atoms with E-state index in [2.05, 4.69) is 0 Å². The van der Waals surface area contributed by atoms with Crippen LogP contribution in [0.2, 0.25) is 0 Å². The minimum atomic E-state index is -4.17. The molecular weight excluding hydrogens is 520 g/mol. The van der Waals surface area contributed by atoms with Gasteiger partial charge in [0.15, 0.2) is 0 Å². The van der Waals surface area contributed by atoms with E-state index in [0.717, 1.165) is 0 Å². The van der Waals surface area contributed by atoms with Crippen LogP contribution in [-0.4, -0.2) is 19.3 Å². The Morgan fingerprint density at radius 1 is 0.375 bits per heavy atom. The van der Waals surface area contributed by atoms with E-state index in [9.17, 15) is 35.1 Å². The number of halogens is 12. The van der Waals surface area contributed by atoms with Crippen molar-refractivity contribution in [3.05, 3.63) is 0 Å². The summed E-state index contributed by atoms with van der Waals surface area (Å²) in [5.74, 6) is 0. The quantitative estimate of drug-likeness (QED) is 0.314. The summed E-state index contributed by atoms with van der Waals surface area (Å²) in [6.45, 7) is 0. The van der Waals surface area contributed by atoms with Crippen LogP contribution in [0, 0.1) is 0 Å². The monoisotopic (exact) mass is 516 g/mol. The van der Waals surface area contributed by atoms with Crippen molar-refractivity contribution in [3.8, 4) is 0 Å². The molecule has 0 saturated carbocycles. The van der Waals surface area contributed by atoms with Crippen molar-refractivity contribution in [2.45, 2.75) is 19.3 Å². The van der Waals surface area contributed by atoms with E-state index in [1.54, 1.807) is 0 Å². The van der Waals surface area contributed by atoms with Gasteiger partial charge in [0, 0.05) is 0 Å². The fourth-order valence-corrected chi connectivity index (χ4v) is 0. The zero-order valence-electron chi connectivity index (χ0n) is 6.54. The maximum Gasteiger partial charge on any atom is 0.373 e. The highest BCUT2D eigenvalue weighted by molar-refractivity contribution is 9.13. The summed E-state index contributed by atoms with van der Waals surface area (Å²) >= 11 is 5.88. The highest BCUT2D eigenvalue weighted by Crippen LogP contribution is 2.44. The first kappa shape index (κ1) is 19.7. The van der Waals surface area contributed by atoms with Gasteiger partial charge in [-0.15, -0.1) is 0 Å². The predicted octanol–water partition coefficient (Wildman–Crippen LogP) is 5.92. The van der Waals surface area contributed by atoms with Gasteiger partial charge in [-0.05, 0) is 63.7 Å². The van der Waals surface area contributed by atoms with E-state index in [1.165, 1.54) is 63.7 Å². The third kappa shape index (κ3) is 8.45. The first-order valence-corrected chi connectivity index (χ1v) is 5.94. The molecule has 0 aliphatic rings. The van der Waals surface area contributed by atoms with Crippen molar-refractivity contribution < 1.29 is 35.1 Å². The zero-order valence-corrected chi connectivity index (χ0v) is 12.9. The number of alkyl halides is 12.